The summed E-state index contributed by atoms with van der Waals surface area (Å²) in [6.07, 6.45) is -1.76. The van der Waals surface area contributed by atoms with E-state index in [4.69, 9.17) is 14.3 Å². The van der Waals surface area contributed by atoms with Crippen molar-refractivity contribution in [3.8, 4) is 0 Å². The molecule has 2 rings (SSSR count). The van der Waals surface area contributed by atoms with Crippen molar-refractivity contribution in [2.45, 2.75) is 71.8 Å². The molecule has 13 nitrogen and oxygen atoms in total. The summed E-state index contributed by atoms with van der Waals surface area (Å²) in [6, 6.07) is 13.8. The van der Waals surface area contributed by atoms with Crippen LogP contribution in [-0.4, -0.2) is 56.8 Å². The molecule has 4 N–H and O–H groups in total. The van der Waals surface area contributed by atoms with Crippen molar-refractivity contribution in [3.63, 3.8) is 0 Å². The molecule has 3 amide bonds. The topological polar surface area (TPSA) is 174 Å². The summed E-state index contributed by atoms with van der Waals surface area (Å²) in [5, 5.41) is 10.9. The molecule has 0 radical (unpaired) electrons. The number of rotatable bonds is 10. The number of aryl methyl sites for hydroxylation is 1. The van der Waals surface area contributed by atoms with E-state index in [1.165, 1.54) is 0 Å². The molecule has 0 spiro atoms. The molecule has 236 valence electrons. The summed E-state index contributed by atoms with van der Waals surface area (Å²) >= 11 is 0. The number of alkyl carbamates (subject to hydrolysis) is 2. The second-order valence-corrected chi connectivity index (χ2v) is 13.3. The predicted octanol–water partition coefficient (Wildman–Crippen LogP) is 3.93. The van der Waals surface area contributed by atoms with E-state index in [2.05, 4.69) is 25.8 Å². The van der Waals surface area contributed by atoms with Crippen LogP contribution in [0.25, 0.3) is 0 Å². The first-order valence-corrected chi connectivity index (χ1v) is 15.2. The Morgan fingerprint density at radius 3 is 2.00 bits per heavy atom. The van der Waals surface area contributed by atoms with Crippen LogP contribution in [0.5, 0.6) is 0 Å². The van der Waals surface area contributed by atoms with E-state index < -0.39 is 33.4 Å². The van der Waals surface area contributed by atoms with E-state index in [9.17, 15) is 22.8 Å². The van der Waals surface area contributed by atoms with Crippen LogP contribution < -0.4 is 20.7 Å². The quantitative estimate of drug-likeness (QED) is 0.134. The van der Waals surface area contributed by atoms with Gasteiger partial charge in [0.2, 0.25) is 15.9 Å². The Kier molecular flexibility index (Phi) is 12.4. The molecule has 0 saturated heterocycles. The zero-order valence-corrected chi connectivity index (χ0v) is 26.4. The van der Waals surface area contributed by atoms with Gasteiger partial charge in [-0.05, 0) is 82.4 Å². The molecule has 0 bridgehead atoms. The lowest BCUT2D eigenvalue weighted by Crippen LogP contribution is -2.47. The molecule has 0 unspecified atom stereocenters. The minimum Gasteiger partial charge on any atom is -0.444 e. The summed E-state index contributed by atoms with van der Waals surface area (Å²) in [7, 11) is -3.65. The molecule has 0 aliphatic carbocycles. The average molecular weight is 620 g/mol. The van der Waals surface area contributed by atoms with Gasteiger partial charge in [-0.1, -0.05) is 36.4 Å². The summed E-state index contributed by atoms with van der Waals surface area (Å²) in [6.45, 7) is 11.8. The third-order valence-corrected chi connectivity index (χ3v) is 6.34. The number of nitrogens with zero attached hydrogens (tertiary/aromatic N) is 1. The summed E-state index contributed by atoms with van der Waals surface area (Å²) in [5.41, 5.74) is 0.869. The van der Waals surface area contributed by atoms with Gasteiger partial charge >= 0.3 is 12.2 Å². The van der Waals surface area contributed by atoms with Crippen LogP contribution in [0.15, 0.2) is 53.7 Å². The van der Waals surface area contributed by atoms with Crippen molar-refractivity contribution >= 4 is 39.8 Å². The van der Waals surface area contributed by atoms with Crippen molar-refractivity contribution in [1.82, 2.24) is 16.0 Å². The van der Waals surface area contributed by atoms with Crippen molar-refractivity contribution in [1.29, 1.82) is 0 Å². The third-order valence-electron chi connectivity index (χ3n) is 5.08. The molecule has 0 aliphatic rings. The maximum absolute atomic E-state index is 12.6. The summed E-state index contributed by atoms with van der Waals surface area (Å²) in [5.74, 6) is -0.876. The zero-order valence-electron chi connectivity index (χ0n) is 25.6. The first-order chi connectivity index (χ1) is 19.9. The summed E-state index contributed by atoms with van der Waals surface area (Å²) in [4.78, 5) is 42.0. The van der Waals surface area contributed by atoms with Crippen LogP contribution in [0.4, 0.5) is 15.3 Å². The van der Waals surface area contributed by atoms with E-state index in [1.807, 2.05) is 13.0 Å². The lowest BCUT2D eigenvalue weighted by atomic mass is 10.0. The third kappa shape index (κ3) is 14.9. The van der Waals surface area contributed by atoms with Crippen LogP contribution in [0.3, 0.4) is 0 Å². The minimum atomic E-state index is -3.65. The molecule has 0 fully saturated rings. The van der Waals surface area contributed by atoms with Gasteiger partial charge in [-0.3, -0.25) is 20.2 Å². The fourth-order valence-electron chi connectivity index (χ4n) is 3.39. The van der Waals surface area contributed by atoms with Gasteiger partial charge in [-0.25, -0.2) is 18.0 Å². The summed E-state index contributed by atoms with van der Waals surface area (Å²) < 4.78 is 38.1. The van der Waals surface area contributed by atoms with Crippen molar-refractivity contribution in [2.75, 3.05) is 17.9 Å². The number of ether oxygens (including phenoxy) is 2. The van der Waals surface area contributed by atoms with E-state index in [0.717, 1.165) is 5.56 Å². The maximum Gasteiger partial charge on any atom is 0.414 e. The first-order valence-electron chi connectivity index (χ1n) is 13.5. The molecule has 43 heavy (non-hydrogen) atoms. The smallest absolute Gasteiger partial charge is 0.414 e. The van der Waals surface area contributed by atoms with Crippen LogP contribution in [0.1, 0.15) is 58.2 Å². The highest BCUT2D eigenvalue weighted by molar-refractivity contribution is 7.91. The van der Waals surface area contributed by atoms with Gasteiger partial charge in [-0.2, -0.15) is 0 Å². The maximum atomic E-state index is 12.6. The molecule has 0 aliphatic heterocycles. The molecular weight excluding hydrogens is 578 g/mol. The second kappa shape index (κ2) is 15.2. The molecule has 2 aromatic rings. The van der Waals surface area contributed by atoms with Crippen molar-refractivity contribution < 1.29 is 37.1 Å². The van der Waals surface area contributed by atoms with Gasteiger partial charge in [0.15, 0.2) is 0 Å². The molecule has 0 heterocycles. The molecule has 0 saturated carbocycles. The Bertz CT molecular complexity index is 1370. The zero-order chi connectivity index (χ0) is 32.3. The molecule has 2 aromatic carbocycles. The van der Waals surface area contributed by atoms with E-state index in [-0.39, 0.29) is 37.2 Å². The number of hydrogen-bond donors (Lipinski definition) is 4. The Hall–Kier alpha value is -4.33. The standard InChI is InChI=1S/C29H41N5O8S/c1-20-13-14-23(34-43(38,39)19-21-11-9-8-10-12-21)17-22(20)18-24(35)30-15-16-40-33-25(31-26(36)41-28(2,3)4)32-27(37)42-29(5,6)7/h8-14,17,34H,15-16,18-19H2,1-7H3,(H,30,35)(H2,31,32,33,36,37). The number of benzene rings is 2. The van der Waals surface area contributed by atoms with Gasteiger partial charge in [0.1, 0.15) is 17.8 Å². The lowest BCUT2D eigenvalue weighted by Gasteiger charge is -2.21. The fraction of sp³-hybridized carbons (Fsp3) is 0.448. The molecule has 0 atom stereocenters. The molecular formula is C29H41N5O8S. The monoisotopic (exact) mass is 619 g/mol. The van der Waals surface area contributed by atoms with Crippen LogP contribution >= 0.6 is 0 Å². The highest BCUT2D eigenvalue weighted by Gasteiger charge is 2.22. The van der Waals surface area contributed by atoms with E-state index >= 15 is 0 Å². The highest BCUT2D eigenvalue weighted by Crippen LogP contribution is 2.18. The lowest BCUT2D eigenvalue weighted by molar-refractivity contribution is -0.120. The average Bonchev–Trinajstić information content (AvgIpc) is 2.83. The van der Waals surface area contributed by atoms with Crippen LogP contribution in [0, 0.1) is 6.92 Å². The first kappa shape index (κ1) is 34.9. The van der Waals surface area contributed by atoms with Crippen LogP contribution in [-0.2, 0) is 41.3 Å². The number of guanidine groups is 1. The number of carbonyl (C=O) groups excluding carboxylic acids is 3. The van der Waals surface area contributed by atoms with Gasteiger partial charge in [-0.15, -0.1) is 0 Å². The van der Waals surface area contributed by atoms with Gasteiger partial charge < -0.3 is 19.6 Å². The normalized spacial score (nSPS) is 11.5. The van der Waals surface area contributed by atoms with E-state index in [0.29, 0.717) is 16.8 Å². The number of carbonyl (C=O) groups is 3. The molecule has 14 heteroatoms. The predicted molar refractivity (Wildman–Crippen MR) is 163 cm³/mol. The Morgan fingerprint density at radius 2 is 1.44 bits per heavy atom. The van der Waals surface area contributed by atoms with E-state index in [1.54, 1.807) is 84.0 Å². The number of hydrogen-bond acceptors (Lipinski definition) is 9. The van der Waals surface area contributed by atoms with Gasteiger partial charge in [0.05, 0.1) is 18.7 Å². The van der Waals surface area contributed by atoms with Crippen molar-refractivity contribution in [2.24, 2.45) is 5.16 Å². The Labute approximate surface area is 252 Å². The number of anilines is 1. The SMILES string of the molecule is Cc1ccc(NS(=O)(=O)Cc2ccccc2)cc1CC(=O)NCCON=C(NC(=O)OC(C)(C)C)NC(=O)OC(C)(C)C. The van der Waals surface area contributed by atoms with Gasteiger partial charge in [0, 0.05) is 5.69 Å². The molecule has 0 aromatic heterocycles. The second-order valence-electron chi connectivity index (χ2n) is 11.5. The fourth-order valence-corrected chi connectivity index (χ4v) is 4.58. The number of oxime groups is 1. The minimum absolute atomic E-state index is 0.00496. The largest absolute Gasteiger partial charge is 0.444 e. The van der Waals surface area contributed by atoms with Gasteiger partial charge in [0.25, 0.3) is 5.96 Å². The van der Waals surface area contributed by atoms with Crippen LogP contribution in [0.2, 0.25) is 0 Å². The Morgan fingerprint density at radius 1 is 0.860 bits per heavy atom. The Balaban J connectivity index is 1.92. The number of sulfonamides is 1. The highest BCUT2D eigenvalue weighted by atomic mass is 32.2. The van der Waals surface area contributed by atoms with Crippen molar-refractivity contribution in [3.05, 3.63) is 65.2 Å². The number of nitrogens with one attached hydrogen (secondary N) is 4. The number of amides is 3.